The summed E-state index contributed by atoms with van der Waals surface area (Å²) in [6.45, 7) is 3.71. The van der Waals surface area contributed by atoms with Gasteiger partial charge in [0.15, 0.2) is 0 Å². The van der Waals surface area contributed by atoms with Crippen LogP contribution < -0.4 is 10.9 Å². The molecule has 0 saturated carbocycles. The third-order valence-corrected chi connectivity index (χ3v) is 5.83. The lowest BCUT2D eigenvalue weighted by Gasteiger charge is -2.19. The van der Waals surface area contributed by atoms with Gasteiger partial charge in [-0.1, -0.05) is 30.3 Å². The second-order valence-electron chi connectivity index (χ2n) is 7.12. The summed E-state index contributed by atoms with van der Waals surface area (Å²) in [6, 6.07) is 14.4. The number of thiazole rings is 1. The smallest absolute Gasteiger partial charge is 0.263 e. The summed E-state index contributed by atoms with van der Waals surface area (Å²) in [7, 11) is 0. The summed E-state index contributed by atoms with van der Waals surface area (Å²) in [5.41, 5.74) is 2.68. The van der Waals surface area contributed by atoms with Crippen molar-refractivity contribution >= 4 is 17.2 Å². The van der Waals surface area contributed by atoms with Crippen molar-refractivity contribution in [2.24, 2.45) is 0 Å². The average molecular weight is 432 g/mol. The Kier molecular flexibility index (Phi) is 5.99. The standard InChI is InChI=1S/C23H21N5O2S/c1-14-21(31-15(2)25-14)23(30)27-19(16-7-4-3-5-8-16)11-18-12-20(29)28-22(26-18)17-9-6-10-24-13-17/h3-10,12-13,19H,11H2,1-2H3,(H,27,30)(H,26,28,29)/t19-/m1/s1. The molecule has 4 aromatic rings. The first-order chi connectivity index (χ1) is 15.0. The number of pyridine rings is 1. The molecule has 2 N–H and O–H groups in total. The number of nitrogens with one attached hydrogen (secondary N) is 2. The molecule has 0 bridgehead atoms. The van der Waals surface area contributed by atoms with Crippen LogP contribution in [0, 0.1) is 13.8 Å². The fraction of sp³-hybridized carbons (Fsp3) is 0.174. The summed E-state index contributed by atoms with van der Waals surface area (Å²) in [5, 5.41) is 3.94. The van der Waals surface area contributed by atoms with Crippen LogP contribution in [-0.4, -0.2) is 25.8 Å². The number of aromatic amines is 1. The highest BCUT2D eigenvalue weighted by molar-refractivity contribution is 7.13. The van der Waals surface area contributed by atoms with Gasteiger partial charge in [0.2, 0.25) is 0 Å². The molecule has 0 saturated heterocycles. The van der Waals surface area contributed by atoms with Crippen molar-refractivity contribution in [3.8, 4) is 11.4 Å². The molecule has 3 aromatic heterocycles. The maximum atomic E-state index is 13.0. The Morgan fingerprint density at radius 1 is 1.13 bits per heavy atom. The van der Waals surface area contributed by atoms with Crippen LogP contribution in [0.3, 0.4) is 0 Å². The average Bonchev–Trinajstić information content (AvgIpc) is 3.12. The highest BCUT2D eigenvalue weighted by Gasteiger charge is 2.21. The molecule has 7 nitrogen and oxygen atoms in total. The van der Waals surface area contributed by atoms with E-state index in [-0.39, 0.29) is 17.5 Å². The van der Waals surface area contributed by atoms with Gasteiger partial charge in [-0.25, -0.2) is 9.97 Å². The number of carbonyl (C=O) groups excluding carboxylic acids is 1. The SMILES string of the molecule is Cc1nc(C)c(C(=O)N[C@H](Cc2cc(=O)[nH]c(-c3cccnc3)n2)c2ccccc2)s1. The molecule has 1 atom stereocenters. The monoisotopic (exact) mass is 431 g/mol. The summed E-state index contributed by atoms with van der Waals surface area (Å²) in [5.74, 6) is 0.261. The fourth-order valence-electron chi connectivity index (χ4n) is 3.36. The molecule has 0 radical (unpaired) electrons. The second kappa shape index (κ2) is 9.01. The highest BCUT2D eigenvalue weighted by atomic mass is 32.1. The van der Waals surface area contributed by atoms with Crippen molar-refractivity contribution < 1.29 is 4.79 Å². The Morgan fingerprint density at radius 2 is 1.94 bits per heavy atom. The Morgan fingerprint density at radius 3 is 2.61 bits per heavy atom. The largest absolute Gasteiger partial charge is 0.344 e. The quantitative estimate of drug-likeness (QED) is 0.486. The molecule has 0 aliphatic rings. The molecule has 0 spiro atoms. The number of hydrogen-bond acceptors (Lipinski definition) is 6. The highest BCUT2D eigenvalue weighted by Crippen LogP contribution is 2.22. The van der Waals surface area contributed by atoms with Crippen molar-refractivity contribution in [2.75, 3.05) is 0 Å². The molecule has 31 heavy (non-hydrogen) atoms. The van der Waals surface area contributed by atoms with E-state index in [2.05, 4.69) is 25.3 Å². The molecule has 1 aromatic carbocycles. The third-order valence-electron chi connectivity index (χ3n) is 4.76. The van der Waals surface area contributed by atoms with E-state index in [4.69, 9.17) is 0 Å². The Balaban J connectivity index is 1.66. The summed E-state index contributed by atoms with van der Waals surface area (Å²) in [4.78, 5) is 41.6. The zero-order valence-corrected chi connectivity index (χ0v) is 17.9. The minimum atomic E-state index is -0.355. The lowest BCUT2D eigenvalue weighted by Crippen LogP contribution is -2.30. The van der Waals surface area contributed by atoms with Crippen LogP contribution in [0.5, 0.6) is 0 Å². The van der Waals surface area contributed by atoms with E-state index in [1.54, 1.807) is 18.5 Å². The molecule has 0 unspecified atom stereocenters. The first kappa shape index (κ1) is 20.6. The molecule has 3 heterocycles. The fourth-order valence-corrected chi connectivity index (χ4v) is 4.19. The maximum Gasteiger partial charge on any atom is 0.263 e. The minimum Gasteiger partial charge on any atom is -0.344 e. The van der Waals surface area contributed by atoms with Gasteiger partial charge in [-0.3, -0.25) is 14.6 Å². The molecular weight excluding hydrogens is 410 g/mol. The van der Waals surface area contributed by atoms with Crippen LogP contribution in [0.2, 0.25) is 0 Å². The number of H-pyrrole nitrogens is 1. The van der Waals surface area contributed by atoms with Crippen LogP contribution in [-0.2, 0) is 6.42 Å². The molecular formula is C23H21N5O2S. The molecule has 0 fully saturated rings. The van der Waals surface area contributed by atoms with Crippen molar-refractivity contribution in [3.05, 3.63) is 98.1 Å². The number of amides is 1. The lowest BCUT2D eigenvalue weighted by atomic mass is 10.0. The van der Waals surface area contributed by atoms with Gasteiger partial charge in [-0.15, -0.1) is 11.3 Å². The molecule has 156 valence electrons. The van der Waals surface area contributed by atoms with Gasteiger partial charge in [0.05, 0.1) is 22.4 Å². The summed E-state index contributed by atoms with van der Waals surface area (Å²) >= 11 is 1.37. The number of aryl methyl sites for hydroxylation is 2. The van der Waals surface area contributed by atoms with Crippen molar-refractivity contribution in [1.29, 1.82) is 0 Å². The Hall–Kier alpha value is -3.65. The normalized spacial score (nSPS) is 11.8. The zero-order chi connectivity index (χ0) is 21.8. The van der Waals surface area contributed by atoms with Gasteiger partial charge in [-0.2, -0.15) is 0 Å². The van der Waals surface area contributed by atoms with Gasteiger partial charge >= 0.3 is 0 Å². The number of hydrogen-bond donors (Lipinski definition) is 2. The van der Waals surface area contributed by atoms with Crippen LogP contribution >= 0.6 is 11.3 Å². The number of carbonyl (C=O) groups is 1. The van der Waals surface area contributed by atoms with Crippen molar-refractivity contribution in [2.45, 2.75) is 26.3 Å². The molecule has 1 amide bonds. The third kappa shape index (κ3) is 4.92. The topological polar surface area (TPSA) is 101 Å². The zero-order valence-electron chi connectivity index (χ0n) is 17.1. The van der Waals surface area contributed by atoms with Gasteiger partial charge in [0.25, 0.3) is 11.5 Å². The van der Waals surface area contributed by atoms with E-state index in [9.17, 15) is 9.59 Å². The number of rotatable bonds is 6. The molecule has 0 aliphatic carbocycles. The minimum absolute atomic E-state index is 0.186. The summed E-state index contributed by atoms with van der Waals surface area (Å²) < 4.78 is 0. The predicted molar refractivity (Wildman–Crippen MR) is 120 cm³/mol. The Bertz CT molecular complexity index is 1250. The molecule has 8 heteroatoms. The van der Waals surface area contributed by atoms with Crippen LogP contribution in [0.15, 0.2) is 65.7 Å². The van der Waals surface area contributed by atoms with Crippen molar-refractivity contribution in [1.82, 2.24) is 25.3 Å². The predicted octanol–water partition coefficient (Wildman–Crippen LogP) is 3.62. The van der Waals surface area contributed by atoms with Crippen LogP contribution in [0.25, 0.3) is 11.4 Å². The van der Waals surface area contributed by atoms with E-state index >= 15 is 0 Å². The number of aromatic nitrogens is 4. The second-order valence-corrected chi connectivity index (χ2v) is 8.32. The first-order valence-corrected chi connectivity index (χ1v) is 10.6. The maximum absolute atomic E-state index is 13.0. The van der Waals surface area contributed by atoms with Crippen LogP contribution in [0.1, 0.15) is 37.7 Å². The van der Waals surface area contributed by atoms with E-state index in [1.807, 2.05) is 50.2 Å². The van der Waals surface area contributed by atoms with E-state index in [0.29, 0.717) is 28.5 Å². The van der Waals surface area contributed by atoms with Gasteiger partial charge in [0.1, 0.15) is 10.7 Å². The van der Waals surface area contributed by atoms with E-state index in [1.165, 1.54) is 17.4 Å². The number of benzene rings is 1. The molecule has 0 aliphatic heterocycles. The van der Waals surface area contributed by atoms with E-state index < -0.39 is 0 Å². The number of nitrogens with zero attached hydrogens (tertiary/aromatic N) is 3. The first-order valence-electron chi connectivity index (χ1n) is 9.80. The lowest BCUT2D eigenvalue weighted by molar-refractivity contribution is 0.0939. The summed E-state index contributed by atoms with van der Waals surface area (Å²) in [6.07, 6.45) is 3.67. The van der Waals surface area contributed by atoms with Gasteiger partial charge in [0, 0.05) is 30.4 Å². The Labute approximate surface area is 183 Å². The van der Waals surface area contributed by atoms with Gasteiger partial charge in [-0.05, 0) is 31.5 Å². The van der Waals surface area contributed by atoms with Gasteiger partial charge < -0.3 is 10.3 Å². The van der Waals surface area contributed by atoms with Crippen LogP contribution in [0.4, 0.5) is 0 Å². The van der Waals surface area contributed by atoms with E-state index in [0.717, 1.165) is 16.1 Å². The van der Waals surface area contributed by atoms with Crippen molar-refractivity contribution in [3.63, 3.8) is 0 Å². The molecule has 4 rings (SSSR count).